The number of nitrogens with zero attached hydrogens (tertiary/aromatic N) is 1. The highest BCUT2D eigenvalue weighted by Crippen LogP contribution is 2.39. The molecule has 0 N–H and O–H groups in total. The van der Waals surface area contributed by atoms with E-state index in [0.717, 1.165) is 58.4 Å². The highest BCUT2D eigenvalue weighted by Gasteiger charge is 2.33. The second kappa shape index (κ2) is 9.14. The molecule has 0 bridgehead atoms. The van der Waals surface area contributed by atoms with Crippen molar-refractivity contribution < 1.29 is 18.7 Å². The summed E-state index contributed by atoms with van der Waals surface area (Å²) in [6.45, 7) is 3.50. The van der Waals surface area contributed by atoms with Crippen LogP contribution in [0.2, 0.25) is 0 Å². The van der Waals surface area contributed by atoms with Gasteiger partial charge in [0.1, 0.15) is 30.2 Å². The van der Waals surface area contributed by atoms with Crippen LogP contribution in [0, 0.1) is 5.82 Å². The van der Waals surface area contributed by atoms with Gasteiger partial charge >= 0.3 is 0 Å². The van der Waals surface area contributed by atoms with Gasteiger partial charge in [-0.15, -0.1) is 11.3 Å². The van der Waals surface area contributed by atoms with Crippen LogP contribution < -0.4 is 9.47 Å². The minimum Gasteiger partial charge on any atom is -0.496 e. The molecule has 0 radical (unpaired) electrons. The number of rotatable bonds is 8. The number of methoxy groups -OCH3 is 1. The maximum atomic E-state index is 14.0. The van der Waals surface area contributed by atoms with Crippen molar-refractivity contribution in [2.45, 2.75) is 38.3 Å². The zero-order valence-corrected chi connectivity index (χ0v) is 18.1. The van der Waals surface area contributed by atoms with Gasteiger partial charge in [0.2, 0.25) is 0 Å². The van der Waals surface area contributed by atoms with Crippen LogP contribution >= 0.6 is 11.3 Å². The highest BCUT2D eigenvalue weighted by molar-refractivity contribution is 7.17. The summed E-state index contributed by atoms with van der Waals surface area (Å²) in [6, 6.07) is 10.7. The number of fused-ring (bicyclic) bond motifs is 2. The predicted octanol–water partition coefficient (Wildman–Crippen LogP) is 5.39. The molecule has 0 spiro atoms. The Hall–Kier alpha value is -2.44. The molecule has 2 atom stereocenters. The molecule has 6 heteroatoms. The van der Waals surface area contributed by atoms with E-state index in [9.17, 15) is 9.18 Å². The third-order valence-electron chi connectivity index (χ3n) is 5.78. The molecule has 2 unspecified atom stereocenters. The second-order valence-corrected chi connectivity index (χ2v) is 8.50. The molecule has 2 aromatic carbocycles. The van der Waals surface area contributed by atoms with E-state index in [1.807, 2.05) is 24.3 Å². The van der Waals surface area contributed by atoms with Crippen LogP contribution in [0.1, 0.15) is 36.9 Å². The van der Waals surface area contributed by atoms with Gasteiger partial charge < -0.3 is 14.3 Å². The average Bonchev–Trinajstić information content (AvgIpc) is 3.18. The Morgan fingerprint density at radius 2 is 2.23 bits per heavy atom. The molecule has 1 aromatic heterocycles. The maximum absolute atomic E-state index is 14.0. The molecular weight excluding hydrogens is 401 g/mol. The first kappa shape index (κ1) is 20.8. The van der Waals surface area contributed by atoms with Gasteiger partial charge in [-0.25, -0.2) is 4.39 Å². The van der Waals surface area contributed by atoms with Crippen LogP contribution in [0.15, 0.2) is 41.8 Å². The Morgan fingerprint density at radius 1 is 1.37 bits per heavy atom. The zero-order valence-electron chi connectivity index (χ0n) is 17.3. The lowest BCUT2D eigenvalue weighted by Gasteiger charge is -2.40. The van der Waals surface area contributed by atoms with E-state index < -0.39 is 0 Å². The Kier molecular flexibility index (Phi) is 6.35. The number of benzene rings is 2. The summed E-state index contributed by atoms with van der Waals surface area (Å²) >= 11 is 1.59. The molecule has 30 heavy (non-hydrogen) atoms. The van der Waals surface area contributed by atoms with E-state index in [0.29, 0.717) is 13.0 Å². The lowest BCUT2D eigenvalue weighted by Crippen LogP contribution is -2.45. The Bertz CT molecular complexity index is 1020. The smallest absolute Gasteiger partial charge is 0.126 e. The summed E-state index contributed by atoms with van der Waals surface area (Å²) in [4.78, 5) is 14.0. The van der Waals surface area contributed by atoms with Gasteiger partial charge in [0, 0.05) is 34.2 Å². The number of carbonyl (C=O) groups excluding carboxylic acids is 1. The fraction of sp³-hybridized carbons (Fsp3) is 0.375. The normalized spacial score (nSPS) is 16.9. The predicted molar refractivity (Wildman–Crippen MR) is 118 cm³/mol. The Morgan fingerprint density at radius 3 is 3.00 bits per heavy atom. The van der Waals surface area contributed by atoms with Crippen molar-refractivity contribution in [2.24, 2.45) is 0 Å². The largest absolute Gasteiger partial charge is 0.496 e. The van der Waals surface area contributed by atoms with E-state index in [2.05, 4.69) is 17.2 Å². The maximum Gasteiger partial charge on any atom is 0.126 e. The number of carbonyl (C=O) groups is 1. The fourth-order valence-corrected chi connectivity index (χ4v) is 5.42. The van der Waals surface area contributed by atoms with Crippen molar-refractivity contribution >= 4 is 27.7 Å². The number of hydrogen-bond donors (Lipinski definition) is 0. The lowest BCUT2D eigenvalue weighted by molar-refractivity contribution is -0.109. The van der Waals surface area contributed by atoms with Gasteiger partial charge in [-0.2, -0.15) is 0 Å². The third kappa shape index (κ3) is 3.94. The van der Waals surface area contributed by atoms with Gasteiger partial charge in [-0.05, 0) is 60.7 Å². The van der Waals surface area contributed by atoms with Crippen molar-refractivity contribution in [1.29, 1.82) is 0 Å². The van der Waals surface area contributed by atoms with E-state index in [1.165, 1.54) is 6.07 Å². The van der Waals surface area contributed by atoms with Crippen LogP contribution in [0.5, 0.6) is 11.5 Å². The first-order valence-corrected chi connectivity index (χ1v) is 11.2. The molecule has 0 aliphatic carbocycles. The standard InChI is InChI=1S/C24H26FNO3S/c1-3-10-26(17-13-19-22(28-2)5-4-6-23(19)29-14-17)21(9-11-27)20-15-30-24-8-7-16(25)12-18(20)24/h4-8,11-12,15,17,21H,3,9-10,13-14H2,1-2H3. The van der Waals surface area contributed by atoms with Crippen LogP contribution in [0.4, 0.5) is 4.39 Å². The van der Waals surface area contributed by atoms with Gasteiger partial charge in [0.05, 0.1) is 7.11 Å². The lowest BCUT2D eigenvalue weighted by atomic mass is 9.95. The number of thiophene rings is 1. The molecule has 158 valence electrons. The summed E-state index contributed by atoms with van der Waals surface area (Å²) in [5.41, 5.74) is 2.07. The minimum absolute atomic E-state index is 0.0993. The quantitative estimate of drug-likeness (QED) is 0.452. The van der Waals surface area contributed by atoms with Crippen molar-refractivity contribution in [3.05, 3.63) is 58.7 Å². The van der Waals surface area contributed by atoms with E-state index in [-0.39, 0.29) is 17.9 Å². The van der Waals surface area contributed by atoms with E-state index in [1.54, 1.807) is 24.5 Å². The number of aldehydes is 1. The molecule has 2 heterocycles. The third-order valence-corrected chi connectivity index (χ3v) is 6.76. The van der Waals surface area contributed by atoms with Crippen molar-refractivity contribution in [2.75, 3.05) is 20.3 Å². The fourth-order valence-electron chi connectivity index (χ4n) is 4.43. The molecule has 1 aliphatic rings. The second-order valence-electron chi connectivity index (χ2n) is 7.59. The van der Waals surface area contributed by atoms with Crippen molar-refractivity contribution in [3.8, 4) is 11.5 Å². The summed E-state index contributed by atoms with van der Waals surface area (Å²) in [6.07, 6.45) is 3.05. The molecule has 0 fully saturated rings. The summed E-state index contributed by atoms with van der Waals surface area (Å²) in [5.74, 6) is 1.43. The van der Waals surface area contributed by atoms with E-state index >= 15 is 0 Å². The van der Waals surface area contributed by atoms with Crippen molar-refractivity contribution in [3.63, 3.8) is 0 Å². The van der Waals surface area contributed by atoms with Crippen LogP contribution in [-0.4, -0.2) is 37.5 Å². The Balaban J connectivity index is 1.72. The molecule has 0 saturated heterocycles. The first-order valence-electron chi connectivity index (χ1n) is 10.3. The summed E-state index contributed by atoms with van der Waals surface area (Å²) in [7, 11) is 1.67. The molecule has 0 amide bonds. The molecule has 4 rings (SSSR count). The molecule has 0 saturated carbocycles. The van der Waals surface area contributed by atoms with Crippen LogP contribution in [0.3, 0.4) is 0 Å². The Labute approximate surface area is 180 Å². The van der Waals surface area contributed by atoms with E-state index in [4.69, 9.17) is 9.47 Å². The van der Waals surface area contributed by atoms with Crippen LogP contribution in [-0.2, 0) is 11.2 Å². The first-order chi connectivity index (χ1) is 14.7. The number of halogens is 1. The highest BCUT2D eigenvalue weighted by atomic mass is 32.1. The summed E-state index contributed by atoms with van der Waals surface area (Å²) < 4.78 is 26.7. The van der Waals surface area contributed by atoms with Gasteiger partial charge in [-0.1, -0.05) is 13.0 Å². The molecular formula is C24H26FNO3S. The van der Waals surface area contributed by atoms with Crippen LogP contribution in [0.25, 0.3) is 10.1 Å². The summed E-state index contributed by atoms with van der Waals surface area (Å²) in [5, 5.41) is 2.96. The van der Waals surface area contributed by atoms with Gasteiger partial charge in [-0.3, -0.25) is 4.90 Å². The molecule has 1 aliphatic heterocycles. The molecule has 3 aromatic rings. The zero-order chi connectivity index (χ0) is 21.1. The van der Waals surface area contributed by atoms with Gasteiger partial charge in [0.25, 0.3) is 0 Å². The number of hydrogen-bond acceptors (Lipinski definition) is 5. The SMILES string of the molecule is CCCN(C1COc2cccc(OC)c2C1)C(CC=O)c1csc2ccc(F)cc12. The average molecular weight is 428 g/mol. The minimum atomic E-state index is -0.256. The van der Waals surface area contributed by atoms with Gasteiger partial charge in [0.15, 0.2) is 0 Å². The topological polar surface area (TPSA) is 38.8 Å². The van der Waals surface area contributed by atoms with Crippen molar-refractivity contribution in [1.82, 2.24) is 4.90 Å². The number of ether oxygens (including phenoxy) is 2. The monoisotopic (exact) mass is 427 g/mol. The molecule has 4 nitrogen and oxygen atoms in total.